The molecule has 4 amide bonds. The summed E-state index contributed by atoms with van der Waals surface area (Å²) in [5.74, 6) is -1.13. The Labute approximate surface area is 196 Å². The summed E-state index contributed by atoms with van der Waals surface area (Å²) >= 11 is 0. The van der Waals surface area contributed by atoms with Crippen LogP contribution in [0.25, 0.3) is 11.1 Å². The number of carbonyl (C=O) groups excluding carboxylic acids is 4. The molecule has 3 aromatic carbocycles. The van der Waals surface area contributed by atoms with Gasteiger partial charge < -0.3 is 10.2 Å². The Kier molecular flexibility index (Phi) is 5.67. The molecule has 5 rings (SSSR count). The Bertz CT molecular complexity index is 1300. The first-order chi connectivity index (χ1) is 16.5. The fourth-order valence-electron chi connectivity index (χ4n) is 4.57. The van der Waals surface area contributed by atoms with E-state index in [0.29, 0.717) is 30.6 Å². The van der Waals surface area contributed by atoms with Crippen LogP contribution in [-0.4, -0.2) is 34.6 Å². The molecule has 0 spiro atoms. The van der Waals surface area contributed by atoms with Crippen molar-refractivity contribution in [3.8, 4) is 11.1 Å². The summed E-state index contributed by atoms with van der Waals surface area (Å²) in [5.41, 5.74) is 4.65. The van der Waals surface area contributed by atoms with Crippen molar-refractivity contribution in [2.75, 3.05) is 0 Å². The normalized spacial score (nSPS) is 17.4. The van der Waals surface area contributed by atoms with E-state index in [-0.39, 0.29) is 24.1 Å². The van der Waals surface area contributed by atoms with Crippen LogP contribution in [0.15, 0.2) is 72.8 Å². The first kappa shape index (κ1) is 21.6. The number of fused-ring (bicyclic) bond motifs is 1. The summed E-state index contributed by atoms with van der Waals surface area (Å²) in [6.45, 7) is 0.612. The summed E-state index contributed by atoms with van der Waals surface area (Å²) < 4.78 is 0. The van der Waals surface area contributed by atoms with E-state index in [4.69, 9.17) is 0 Å². The Morgan fingerprint density at radius 3 is 2.50 bits per heavy atom. The van der Waals surface area contributed by atoms with Crippen molar-refractivity contribution in [1.82, 2.24) is 15.5 Å². The van der Waals surface area contributed by atoms with Crippen LogP contribution in [0.2, 0.25) is 0 Å². The van der Waals surface area contributed by atoms with Crippen LogP contribution in [0.3, 0.4) is 0 Å². The van der Waals surface area contributed by atoms with Gasteiger partial charge in [-0.3, -0.25) is 24.5 Å². The van der Waals surface area contributed by atoms with Crippen molar-refractivity contribution in [1.29, 1.82) is 0 Å². The van der Waals surface area contributed by atoms with Crippen molar-refractivity contribution in [3.63, 3.8) is 0 Å². The summed E-state index contributed by atoms with van der Waals surface area (Å²) in [5, 5.41) is 5.29. The summed E-state index contributed by atoms with van der Waals surface area (Å²) in [6, 6.07) is 22.0. The number of nitrogens with one attached hydrogen (secondary N) is 2. The average molecular weight is 453 g/mol. The molecule has 2 aliphatic rings. The SMILES string of the molecule is O=C1CCC(N2Cc3cc(CNC(=O)c4ccccc4-c4ccccc4)ccc3C2=O)C(=O)N1. The van der Waals surface area contributed by atoms with Crippen molar-refractivity contribution in [2.24, 2.45) is 0 Å². The van der Waals surface area contributed by atoms with Crippen LogP contribution >= 0.6 is 0 Å². The van der Waals surface area contributed by atoms with Gasteiger partial charge >= 0.3 is 0 Å². The predicted octanol–water partition coefficient (Wildman–Crippen LogP) is 3.04. The number of piperidine rings is 1. The third kappa shape index (κ3) is 4.08. The highest BCUT2D eigenvalue weighted by Gasteiger charge is 2.39. The fourth-order valence-corrected chi connectivity index (χ4v) is 4.57. The highest BCUT2D eigenvalue weighted by Crippen LogP contribution is 2.28. The average Bonchev–Trinajstić information content (AvgIpc) is 3.18. The van der Waals surface area contributed by atoms with E-state index in [1.54, 1.807) is 12.1 Å². The van der Waals surface area contributed by atoms with Crippen molar-refractivity contribution < 1.29 is 19.2 Å². The number of nitrogens with zero attached hydrogens (tertiary/aromatic N) is 1. The second kappa shape index (κ2) is 8.94. The molecule has 1 fully saturated rings. The van der Waals surface area contributed by atoms with E-state index in [1.165, 1.54) is 4.90 Å². The zero-order chi connectivity index (χ0) is 23.7. The van der Waals surface area contributed by atoms with Gasteiger partial charge in [-0.2, -0.15) is 0 Å². The third-order valence-electron chi connectivity index (χ3n) is 6.30. The van der Waals surface area contributed by atoms with Gasteiger partial charge in [0.05, 0.1) is 0 Å². The van der Waals surface area contributed by atoms with E-state index >= 15 is 0 Å². The molecule has 3 aromatic rings. The molecule has 1 unspecified atom stereocenters. The molecule has 0 aromatic heterocycles. The molecule has 0 saturated carbocycles. The van der Waals surface area contributed by atoms with Crippen LogP contribution in [0.5, 0.6) is 0 Å². The molecule has 0 aliphatic carbocycles. The van der Waals surface area contributed by atoms with Crippen LogP contribution in [-0.2, 0) is 22.7 Å². The second-order valence-corrected chi connectivity index (χ2v) is 8.49. The molecular formula is C27H23N3O4. The van der Waals surface area contributed by atoms with E-state index in [0.717, 1.165) is 22.3 Å². The van der Waals surface area contributed by atoms with Crippen LogP contribution in [0.4, 0.5) is 0 Å². The van der Waals surface area contributed by atoms with Crippen molar-refractivity contribution in [3.05, 3.63) is 95.1 Å². The highest BCUT2D eigenvalue weighted by molar-refractivity contribution is 6.05. The van der Waals surface area contributed by atoms with Crippen molar-refractivity contribution in [2.45, 2.75) is 32.0 Å². The van der Waals surface area contributed by atoms with Gasteiger partial charge in [-0.05, 0) is 40.8 Å². The lowest BCUT2D eigenvalue weighted by molar-refractivity contribution is -0.136. The molecule has 2 heterocycles. The maximum atomic E-state index is 13.0. The number of imide groups is 1. The van der Waals surface area contributed by atoms with Gasteiger partial charge in [-0.25, -0.2) is 0 Å². The first-order valence-electron chi connectivity index (χ1n) is 11.2. The molecular weight excluding hydrogens is 430 g/mol. The molecule has 2 aliphatic heterocycles. The smallest absolute Gasteiger partial charge is 0.255 e. The predicted molar refractivity (Wildman–Crippen MR) is 126 cm³/mol. The van der Waals surface area contributed by atoms with Gasteiger partial charge in [0.1, 0.15) is 6.04 Å². The van der Waals surface area contributed by atoms with Gasteiger partial charge in [-0.15, -0.1) is 0 Å². The minimum atomic E-state index is -0.643. The van der Waals surface area contributed by atoms with Gasteiger partial charge in [0.15, 0.2) is 0 Å². The Morgan fingerprint density at radius 2 is 1.71 bits per heavy atom. The minimum Gasteiger partial charge on any atom is -0.348 e. The maximum Gasteiger partial charge on any atom is 0.255 e. The van der Waals surface area contributed by atoms with E-state index in [9.17, 15) is 19.2 Å². The summed E-state index contributed by atoms with van der Waals surface area (Å²) in [7, 11) is 0. The third-order valence-corrected chi connectivity index (χ3v) is 6.30. The molecule has 34 heavy (non-hydrogen) atoms. The molecule has 0 radical (unpaired) electrons. The molecule has 1 saturated heterocycles. The summed E-state index contributed by atoms with van der Waals surface area (Å²) in [4.78, 5) is 51.0. The van der Waals surface area contributed by atoms with Crippen LogP contribution in [0, 0.1) is 0 Å². The topological polar surface area (TPSA) is 95.6 Å². The van der Waals surface area contributed by atoms with E-state index < -0.39 is 11.9 Å². The van der Waals surface area contributed by atoms with Gasteiger partial charge in [-0.1, -0.05) is 60.7 Å². The van der Waals surface area contributed by atoms with Gasteiger partial charge in [0.2, 0.25) is 11.8 Å². The largest absolute Gasteiger partial charge is 0.348 e. The lowest BCUT2D eigenvalue weighted by Crippen LogP contribution is -2.52. The first-order valence-corrected chi connectivity index (χ1v) is 11.2. The van der Waals surface area contributed by atoms with Gasteiger partial charge in [0.25, 0.3) is 11.8 Å². The van der Waals surface area contributed by atoms with Crippen molar-refractivity contribution >= 4 is 23.6 Å². The number of rotatable bonds is 5. The lowest BCUT2D eigenvalue weighted by atomic mass is 9.99. The Balaban J connectivity index is 1.29. The summed E-state index contributed by atoms with van der Waals surface area (Å²) in [6.07, 6.45) is 0.548. The number of hydrogen-bond acceptors (Lipinski definition) is 4. The molecule has 1 atom stereocenters. The minimum absolute atomic E-state index is 0.179. The molecule has 7 nitrogen and oxygen atoms in total. The quantitative estimate of drug-likeness (QED) is 0.581. The molecule has 2 N–H and O–H groups in total. The van der Waals surface area contributed by atoms with Crippen LogP contribution < -0.4 is 10.6 Å². The fraction of sp³-hybridized carbons (Fsp3) is 0.185. The molecule has 0 bridgehead atoms. The number of hydrogen-bond donors (Lipinski definition) is 2. The standard InChI is InChI=1S/C27H23N3O4/c31-24-13-12-23(26(33)29-24)30-16-19-14-17(10-11-21(19)27(30)34)15-28-25(32)22-9-5-4-8-20(22)18-6-2-1-3-7-18/h1-11,14,23H,12-13,15-16H2,(H,28,32)(H,29,31,33). The maximum absolute atomic E-state index is 13.0. The second-order valence-electron chi connectivity index (χ2n) is 8.49. The van der Waals surface area contributed by atoms with Gasteiger partial charge in [0, 0.05) is 30.6 Å². The number of carbonyl (C=O) groups is 4. The van der Waals surface area contributed by atoms with E-state index in [2.05, 4.69) is 10.6 Å². The number of amides is 4. The lowest BCUT2D eigenvalue weighted by Gasteiger charge is -2.29. The molecule has 170 valence electrons. The highest BCUT2D eigenvalue weighted by atomic mass is 16.2. The zero-order valence-corrected chi connectivity index (χ0v) is 18.4. The van der Waals surface area contributed by atoms with E-state index in [1.807, 2.05) is 60.7 Å². The monoisotopic (exact) mass is 453 g/mol. The Morgan fingerprint density at radius 1 is 0.941 bits per heavy atom. The number of benzene rings is 3. The van der Waals surface area contributed by atoms with Crippen LogP contribution in [0.1, 0.15) is 44.7 Å². The zero-order valence-electron chi connectivity index (χ0n) is 18.4. The molecule has 7 heteroatoms. The Hall–Kier alpha value is -4.26.